The number of aliphatic hydroxyl groups is 4. The maximum atomic E-state index is 9.70. The van der Waals surface area contributed by atoms with Gasteiger partial charge in [-0.25, -0.2) is 9.68 Å². The Morgan fingerprint density at radius 3 is 1.52 bits per heavy atom. The van der Waals surface area contributed by atoms with E-state index in [4.69, 9.17) is 19.1 Å². The summed E-state index contributed by atoms with van der Waals surface area (Å²) in [4.78, 5) is 10.0. The summed E-state index contributed by atoms with van der Waals surface area (Å²) in [6, 6.07) is 0. The van der Waals surface area contributed by atoms with Crippen molar-refractivity contribution in [3.63, 3.8) is 0 Å². The van der Waals surface area contributed by atoms with Crippen molar-refractivity contribution in [1.29, 1.82) is 0 Å². The molecule has 0 amide bonds. The van der Waals surface area contributed by atoms with Crippen LogP contribution in [0.25, 0.3) is 0 Å². The number of ether oxygens (including phenoxy) is 2. The van der Waals surface area contributed by atoms with Gasteiger partial charge in [-0.1, -0.05) is 5.64 Å². The number of rotatable bonds is 4. The molecular formula is C12H23NO8. The molecule has 5 N–H and O–H groups in total. The molecule has 8 atom stereocenters. The Morgan fingerprint density at radius 2 is 1.14 bits per heavy atom. The quantitative estimate of drug-likeness (QED) is 0.380. The summed E-state index contributed by atoms with van der Waals surface area (Å²) < 4.78 is 10.5. The summed E-state index contributed by atoms with van der Waals surface area (Å²) >= 11 is 0. The molecule has 2 fully saturated rings. The van der Waals surface area contributed by atoms with Crippen LogP contribution < -0.4 is 5.64 Å². The summed E-state index contributed by atoms with van der Waals surface area (Å²) in [5.41, 5.74) is 2.12. The molecule has 9 heteroatoms. The van der Waals surface area contributed by atoms with Crippen molar-refractivity contribution < 1.29 is 39.6 Å². The Bertz CT molecular complexity index is 302. The smallest absolute Gasteiger partial charge is 0.206 e. The van der Waals surface area contributed by atoms with Crippen LogP contribution >= 0.6 is 0 Å². The van der Waals surface area contributed by atoms with Gasteiger partial charge in [0, 0.05) is 12.8 Å². The third kappa shape index (κ3) is 4.31. The Balaban J connectivity index is 1.74. The van der Waals surface area contributed by atoms with Crippen LogP contribution in [-0.4, -0.2) is 69.6 Å². The van der Waals surface area contributed by atoms with E-state index in [2.05, 4.69) is 5.64 Å². The van der Waals surface area contributed by atoms with Crippen LogP contribution in [0.5, 0.6) is 0 Å². The first-order valence-corrected chi connectivity index (χ1v) is 6.98. The summed E-state index contributed by atoms with van der Waals surface area (Å²) in [7, 11) is 0. The van der Waals surface area contributed by atoms with Gasteiger partial charge < -0.3 is 29.9 Å². The number of nitrogens with one attached hydrogen (secondary N) is 1. The fraction of sp³-hybridized carbons (Fsp3) is 1.00. The lowest BCUT2D eigenvalue weighted by atomic mass is 10.0. The van der Waals surface area contributed by atoms with Crippen molar-refractivity contribution in [3.8, 4) is 0 Å². The van der Waals surface area contributed by atoms with E-state index in [9.17, 15) is 20.4 Å². The van der Waals surface area contributed by atoms with E-state index in [1.165, 1.54) is 0 Å². The van der Waals surface area contributed by atoms with E-state index in [1.807, 2.05) is 0 Å². The third-order valence-corrected chi connectivity index (χ3v) is 3.70. The first kappa shape index (κ1) is 17.0. The largest absolute Gasteiger partial charge is 0.390 e. The van der Waals surface area contributed by atoms with Crippen LogP contribution in [0.1, 0.15) is 26.7 Å². The van der Waals surface area contributed by atoms with Gasteiger partial charge in [0.05, 0.1) is 24.4 Å². The van der Waals surface area contributed by atoms with Crippen molar-refractivity contribution in [2.75, 3.05) is 0 Å². The van der Waals surface area contributed by atoms with Gasteiger partial charge in [0.2, 0.25) is 12.6 Å². The van der Waals surface area contributed by atoms with Gasteiger partial charge in [-0.05, 0) is 13.8 Å². The average Bonchev–Trinajstić information content (AvgIpc) is 2.41. The fourth-order valence-electron chi connectivity index (χ4n) is 2.22. The summed E-state index contributed by atoms with van der Waals surface area (Å²) in [5.74, 6) is 0. The SMILES string of the molecule is C[C@H]1O[C@H](ONO[C@H]2O[C@H](C)[C@@H](O)C[C@@H]2O)[C@@H](O)C[C@@H]1O. The van der Waals surface area contributed by atoms with Gasteiger partial charge >= 0.3 is 0 Å². The first-order chi connectivity index (χ1) is 9.88. The number of hydrogen-bond donors (Lipinski definition) is 5. The lowest BCUT2D eigenvalue weighted by Gasteiger charge is -2.36. The maximum Gasteiger partial charge on any atom is 0.206 e. The summed E-state index contributed by atoms with van der Waals surface area (Å²) in [6.07, 6.45) is -6.26. The molecule has 124 valence electrons. The molecule has 2 saturated heterocycles. The molecular weight excluding hydrogens is 286 g/mol. The van der Waals surface area contributed by atoms with Gasteiger partial charge in [0.25, 0.3) is 0 Å². The molecule has 2 aliphatic heterocycles. The molecule has 2 aliphatic rings. The zero-order chi connectivity index (χ0) is 15.6. The molecule has 2 rings (SSSR count). The zero-order valence-corrected chi connectivity index (χ0v) is 12.0. The highest BCUT2D eigenvalue weighted by molar-refractivity contribution is 4.79. The van der Waals surface area contributed by atoms with Gasteiger partial charge in [0.1, 0.15) is 12.2 Å². The number of hydrogen-bond acceptors (Lipinski definition) is 9. The highest BCUT2D eigenvalue weighted by atomic mass is 17.0. The second kappa shape index (κ2) is 7.27. The monoisotopic (exact) mass is 309 g/mol. The predicted octanol–water partition coefficient (Wildman–Crippen LogP) is -1.85. The maximum absolute atomic E-state index is 9.70. The molecule has 0 bridgehead atoms. The molecule has 0 aromatic heterocycles. The van der Waals surface area contributed by atoms with Crippen molar-refractivity contribution in [3.05, 3.63) is 0 Å². The van der Waals surface area contributed by atoms with Gasteiger partial charge in [-0.15, -0.1) is 0 Å². The van der Waals surface area contributed by atoms with Crippen LogP contribution in [0.2, 0.25) is 0 Å². The summed E-state index contributed by atoms with van der Waals surface area (Å²) in [5, 5.41) is 38.4. The second-order valence-corrected chi connectivity index (χ2v) is 5.48. The van der Waals surface area contributed by atoms with Gasteiger partial charge in [0.15, 0.2) is 0 Å². The van der Waals surface area contributed by atoms with Crippen LogP contribution in [-0.2, 0) is 19.1 Å². The van der Waals surface area contributed by atoms with E-state index in [0.717, 1.165) is 0 Å². The zero-order valence-electron chi connectivity index (χ0n) is 12.0. The highest BCUT2D eigenvalue weighted by Gasteiger charge is 2.37. The van der Waals surface area contributed by atoms with Gasteiger partial charge in [-0.2, -0.15) is 0 Å². The molecule has 0 radical (unpaired) electrons. The highest BCUT2D eigenvalue weighted by Crippen LogP contribution is 2.22. The van der Waals surface area contributed by atoms with Gasteiger partial charge in [-0.3, -0.25) is 0 Å². The molecule has 0 spiro atoms. The first-order valence-electron chi connectivity index (χ1n) is 6.98. The minimum atomic E-state index is -1.01. The Morgan fingerprint density at radius 1 is 0.762 bits per heavy atom. The second-order valence-electron chi connectivity index (χ2n) is 5.48. The van der Waals surface area contributed by atoms with E-state index < -0.39 is 49.2 Å². The standard InChI is InChI=1S/C12H23NO8/c1-5-7(14)3-9(16)11(18-5)20-13-21-12-10(17)4-8(15)6(2)19-12/h5-17H,3-4H2,1-2H3/t5-,6-,7+,8+,9+,10+,11-,12-/m1/s1. The molecule has 0 unspecified atom stereocenters. The molecule has 21 heavy (non-hydrogen) atoms. The lowest BCUT2D eigenvalue weighted by Crippen LogP contribution is -2.51. The minimum absolute atomic E-state index is 0.124. The third-order valence-electron chi connectivity index (χ3n) is 3.70. The predicted molar refractivity (Wildman–Crippen MR) is 67.2 cm³/mol. The van der Waals surface area contributed by atoms with Crippen molar-refractivity contribution in [2.24, 2.45) is 0 Å². The lowest BCUT2D eigenvalue weighted by molar-refractivity contribution is -0.373. The van der Waals surface area contributed by atoms with Crippen molar-refractivity contribution in [1.82, 2.24) is 5.64 Å². The number of aliphatic hydroxyl groups excluding tert-OH is 4. The van der Waals surface area contributed by atoms with E-state index in [-0.39, 0.29) is 12.8 Å². The normalized spacial score (nSPS) is 48.3. The Hall–Kier alpha value is -0.360. The minimum Gasteiger partial charge on any atom is -0.390 e. The van der Waals surface area contributed by atoms with Crippen LogP contribution in [0.3, 0.4) is 0 Å². The topological polar surface area (TPSA) is 130 Å². The molecule has 2 heterocycles. The molecule has 0 aromatic rings. The van der Waals surface area contributed by atoms with E-state index in [0.29, 0.717) is 0 Å². The fourth-order valence-corrected chi connectivity index (χ4v) is 2.22. The van der Waals surface area contributed by atoms with Crippen LogP contribution in [0, 0.1) is 0 Å². The van der Waals surface area contributed by atoms with Crippen LogP contribution in [0.4, 0.5) is 0 Å². The average molecular weight is 309 g/mol. The molecule has 0 aliphatic carbocycles. The Kier molecular flexibility index (Phi) is 5.88. The summed E-state index contributed by atoms with van der Waals surface area (Å²) in [6.45, 7) is 3.32. The molecule has 0 saturated carbocycles. The molecule has 9 nitrogen and oxygen atoms in total. The Labute approximate surface area is 122 Å². The van der Waals surface area contributed by atoms with Crippen LogP contribution in [0.15, 0.2) is 0 Å². The molecule has 0 aromatic carbocycles. The van der Waals surface area contributed by atoms with E-state index in [1.54, 1.807) is 13.8 Å². The van der Waals surface area contributed by atoms with Crippen molar-refractivity contribution in [2.45, 2.75) is 75.9 Å². The van der Waals surface area contributed by atoms with E-state index >= 15 is 0 Å². The van der Waals surface area contributed by atoms with Crippen molar-refractivity contribution >= 4 is 0 Å².